The first-order valence-electron chi connectivity index (χ1n) is 19.2. The van der Waals surface area contributed by atoms with Crippen LogP contribution in [0, 0.1) is 41.5 Å². The van der Waals surface area contributed by atoms with Gasteiger partial charge in [-0.05, 0) is 183 Å². The summed E-state index contributed by atoms with van der Waals surface area (Å²) >= 11 is 0. The molecule has 0 bridgehead atoms. The van der Waals surface area contributed by atoms with Crippen LogP contribution in [0.25, 0.3) is 55.6 Å². The summed E-state index contributed by atoms with van der Waals surface area (Å²) in [5.74, 6) is 0.578. The van der Waals surface area contributed by atoms with E-state index in [2.05, 4.69) is 126 Å². The molecular weight excluding hydrogens is 633 g/mol. The number of fused-ring (bicyclic) bond motifs is 2. The molecule has 0 radical (unpaired) electrons. The van der Waals surface area contributed by atoms with Gasteiger partial charge in [0.1, 0.15) is 11.5 Å². The minimum atomic E-state index is 0.289. The maximum absolute atomic E-state index is 12.5. The second kappa shape index (κ2) is 13.5. The van der Waals surface area contributed by atoms with Crippen LogP contribution in [-0.2, 0) is 25.7 Å². The van der Waals surface area contributed by atoms with Crippen LogP contribution in [0.3, 0.4) is 0 Å². The predicted octanol–water partition coefficient (Wildman–Crippen LogP) is 13.0. The quantitative estimate of drug-likeness (QED) is 0.190. The van der Waals surface area contributed by atoms with Crippen molar-refractivity contribution < 1.29 is 10.2 Å². The molecule has 0 fully saturated rings. The van der Waals surface area contributed by atoms with Crippen LogP contribution in [0.4, 0.5) is 0 Å². The van der Waals surface area contributed by atoms with Gasteiger partial charge in [0.15, 0.2) is 0 Å². The number of rotatable bonds is 5. The first kappa shape index (κ1) is 34.0. The van der Waals surface area contributed by atoms with Crippen molar-refractivity contribution in [1.82, 2.24) is 0 Å². The van der Waals surface area contributed by atoms with Gasteiger partial charge in [-0.1, -0.05) is 83.9 Å². The Morgan fingerprint density at radius 2 is 0.673 bits per heavy atom. The van der Waals surface area contributed by atoms with Gasteiger partial charge in [0, 0.05) is 22.3 Å². The van der Waals surface area contributed by atoms with E-state index in [4.69, 9.17) is 0 Å². The maximum atomic E-state index is 12.5. The van der Waals surface area contributed by atoms with Gasteiger partial charge < -0.3 is 10.2 Å². The summed E-state index contributed by atoms with van der Waals surface area (Å²) in [6, 6.07) is 30.9. The van der Waals surface area contributed by atoms with E-state index >= 15 is 0 Å². The lowest BCUT2D eigenvalue weighted by atomic mass is 9.77. The molecule has 0 saturated carbocycles. The van der Waals surface area contributed by atoms with Crippen molar-refractivity contribution in [3.05, 3.63) is 141 Å². The van der Waals surface area contributed by atoms with Crippen molar-refractivity contribution in [3.63, 3.8) is 0 Å². The molecule has 2 nitrogen and oxygen atoms in total. The molecule has 2 N–H and O–H groups in total. The van der Waals surface area contributed by atoms with Crippen molar-refractivity contribution >= 4 is 0 Å². The molecule has 0 aliphatic heterocycles. The summed E-state index contributed by atoms with van der Waals surface area (Å²) in [7, 11) is 0. The van der Waals surface area contributed by atoms with E-state index in [1.165, 1.54) is 77.9 Å². The molecule has 2 heteroatoms. The molecule has 0 aromatic heterocycles. The number of aromatic hydroxyl groups is 2. The molecule has 0 amide bonds. The average Bonchev–Trinajstić information content (AvgIpc) is 3.12. The Kier molecular flexibility index (Phi) is 8.82. The van der Waals surface area contributed by atoms with Gasteiger partial charge >= 0.3 is 0 Å². The maximum Gasteiger partial charge on any atom is 0.131 e. The molecule has 52 heavy (non-hydrogen) atoms. The van der Waals surface area contributed by atoms with Gasteiger partial charge in [-0.3, -0.25) is 0 Å². The highest BCUT2D eigenvalue weighted by atomic mass is 16.3. The van der Waals surface area contributed by atoms with Crippen molar-refractivity contribution in [2.24, 2.45) is 0 Å². The Labute approximate surface area is 309 Å². The second-order valence-electron chi connectivity index (χ2n) is 15.7. The minimum Gasteiger partial charge on any atom is -0.507 e. The van der Waals surface area contributed by atoms with Crippen LogP contribution < -0.4 is 0 Å². The molecule has 2 aliphatic carbocycles. The van der Waals surface area contributed by atoms with Crippen LogP contribution in [0.2, 0.25) is 0 Å². The SMILES string of the molecule is Cc1cc(C)c(-c2ccc(-c3cc4c(c(-c5c(O)c(-c6ccc(-c7c(C)cc(C)cc7C)cc6)cc6c5CCCC6)c3O)CCCC4)cc2)c(C)c1. The zero-order valence-corrected chi connectivity index (χ0v) is 31.6. The average molecular weight is 683 g/mol. The zero-order valence-electron chi connectivity index (χ0n) is 31.6. The Balaban J connectivity index is 1.28. The number of hydrogen-bond acceptors (Lipinski definition) is 2. The standard InChI is InChI=1S/C50H50O2/c1-29-23-31(3)45(32(4)24-29)37-19-15-35(16-20-37)43-27-39-11-7-9-13-41(39)47(49(43)51)48-42-14-10-8-12-40(42)28-44(50(48)52)36-17-21-38(22-18-36)46-33(5)25-30(2)26-34(46)6/h15-28,51-52H,7-14H2,1-6H3. The van der Waals surface area contributed by atoms with Crippen molar-refractivity contribution in [1.29, 1.82) is 0 Å². The van der Waals surface area contributed by atoms with E-state index in [9.17, 15) is 10.2 Å². The number of aryl methyl sites for hydroxylation is 8. The summed E-state index contributed by atoms with van der Waals surface area (Å²) in [6.45, 7) is 13.0. The largest absolute Gasteiger partial charge is 0.507 e. The molecule has 6 aromatic rings. The number of hydrogen-bond donors (Lipinski definition) is 2. The Bertz CT molecular complexity index is 2140. The van der Waals surface area contributed by atoms with Gasteiger partial charge in [-0.2, -0.15) is 0 Å². The van der Waals surface area contributed by atoms with Crippen LogP contribution in [-0.4, -0.2) is 10.2 Å². The smallest absolute Gasteiger partial charge is 0.131 e. The molecular formula is C50H50O2. The fourth-order valence-electron chi connectivity index (χ4n) is 9.67. The molecule has 8 rings (SSSR count). The van der Waals surface area contributed by atoms with Crippen LogP contribution in [0.15, 0.2) is 84.9 Å². The predicted molar refractivity (Wildman–Crippen MR) is 219 cm³/mol. The van der Waals surface area contributed by atoms with Crippen LogP contribution in [0.5, 0.6) is 11.5 Å². The number of phenols is 2. The van der Waals surface area contributed by atoms with Gasteiger partial charge in [-0.25, -0.2) is 0 Å². The molecule has 262 valence electrons. The lowest BCUT2D eigenvalue weighted by Crippen LogP contribution is -2.10. The second-order valence-corrected chi connectivity index (χ2v) is 15.7. The highest BCUT2D eigenvalue weighted by Gasteiger charge is 2.29. The molecule has 0 unspecified atom stereocenters. The molecule has 0 atom stereocenters. The van der Waals surface area contributed by atoms with E-state index in [-0.39, 0.29) is 11.5 Å². The van der Waals surface area contributed by atoms with Crippen LogP contribution >= 0.6 is 0 Å². The van der Waals surface area contributed by atoms with Crippen molar-refractivity contribution in [2.45, 2.75) is 92.9 Å². The summed E-state index contributed by atoms with van der Waals surface area (Å²) in [5.41, 5.74) is 23.0. The van der Waals surface area contributed by atoms with Gasteiger partial charge in [-0.15, -0.1) is 0 Å². The fourth-order valence-corrected chi connectivity index (χ4v) is 9.67. The minimum absolute atomic E-state index is 0.289. The third-order valence-corrected chi connectivity index (χ3v) is 11.8. The fraction of sp³-hybridized carbons (Fsp3) is 0.280. The Morgan fingerprint density at radius 1 is 0.365 bits per heavy atom. The first-order valence-corrected chi connectivity index (χ1v) is 19.2. The van der Waals surface area contributed by atoms with Crippen molar-refractivity contribution in [2.75, 3.05) is 0 Å². The van der Waals surface area contributed by atoms with E-state index in [1.54, 1.807) is 0 Å². The Morgan fingerprint density at radius 3 is 1.02 bits per heavy atom. The highest BCUT2D eigenvalue weighted by molar-refractivity contribution is 5.94. The van der Waals surface area contributed by atoms with E-state index < -0.39 is 0 Å². The molecule has 0 heterocycles. The third kappa shape index (κ3) is 5.93. The van der Waals surface area contributed by atoms with Crippen LogP contribution in [0.1, 0.15) is 81.3 Å². The van der Waals surface area contributed by atoms with Gasteiger partial charge in [0.05, 0.1) is 0 Å². The lowest BCUT2D eigenvalue weighted by molar-refractivity contribution is 0.468. The normalized spacial score (nSPS) is 13.9. The number of benzene rings is 6. The first-order chi connectivity index (χ1) is 25.1. The monoisotopic (exact) mass is 682 g/mol. The Hall–Kier alpha value is -5.08. The van der Waals surface area contributed by atoms with Gasteiger partial charge in [0.25, 0.3) is 0 Å². The molecule has 6 aromatic carbocycles. The van der Waals surface area contributed by atoms with E-state index in [1.807, 2.05) is 0 Å². The summed E-state index contributed by atoms with van der Waals surface area (Å²) < 4.78 is 0. The van der Waals surface area contributed by atoms with Gasteiger partial charge in [0.2, 0.25) is 0 Å². The molecule has 2 aliphatic rings. The van der Waals surface area contributed by atoms with E-state index in [0.717, 1.165) is 84.7 Å². The summed E-state index contributed by atoms with van der Waals surface area (Å²) in [5, 5.41) is 24.9. The third-order valence-electron chi connectivity index (χ3n) is 11.8. The van der Waals surface area contributed by atoms with E-state index in [0.29, 0.717) is 0 Å². The molecule has 0 spiro atoms. The summed E-state index contributed by atoms with van der Waals surface area (Å²) in [6.07, 6.45) is 8.23. The lowest BCUT2D eigenvalue weighted by Gasteiger charge is -2.28. The van der Waals surface area contributed by atoms with Crippen molar-refractivity contribution in [3.8, 4) is 67.1 Å². The highest BCUT2D eigenvalue weighted by Crippen LogP contribution is 2.52. The number of phenolic OH excluding ortho intramolecular Hbond substituents is 2. The summed E-state index contributed by atoms with van der Waals surface area (Å²) in [4.78, 5) is 0. The zero-order chi connectivity index (χ0) is 36.3. The topological polar surface area (TPSA) is 40.5 Å². The molecule has 0 saturated heterocycles.